The number of carbonyl (C=O) groups excluding carboxylic acids is 1. The van der Waals surface area contributed by atoms with Crippen molar-refractivity contribution < 1.29 is 15.0 Å². The number of aliphatic hydroxyl groups excluding tert-OH is 1. The largest absolute Gasteiger partial charge is 0.386 e. The Balaban J connectivity index is 1.19. The standard InChI is InChI=1S/C24H31N5O3/c25-29-12-9-21(26-29)19-5-1-17(2-6-19)18-3-7-20(8-4-18)22(30)27-13-15-28(16-14-27)23(31)24(32)10-11-24/h1-8,21,23,26,31-32H,9-16,25H2. The molecular formula is C24H31N5O3. The summed E-state index contributed by atoms with van der Waals surface area (Å²) in [5.41, 5.74) is 6.35. The minimum absolute atomic E-state index is 0.00446. The van der Waals surface area contributed by atoms with Crippen LogP contribution in [0, 0.1) is 0 Å². The molecule has 3 aliphatic rings. The number of aliphatic hydroxyl groups is 2. The van der Waals surface area contributed by atoms with Gasteiger partial charge in [-0.05, 0) is 48.1 Å². The fourth-order valence-electron chi connectivity index (χ4n) is 4.63. The van der Waals surface area contributed by atoms with Crippen LogP contribution in [0.4, 0.5) is 0 Å². The minimum atomic E-state index is -0.946. The summed E-state index contributed by atoms with van der Waals surface area (Å²) in [4.78, 5) is 16.6. The van der Waals surface area contributed by atoms with Crippen molar-refractivity contribution in [2.45, 2.75) is 37.1 Å². The number of hydrogen-bond donors (Lipinski definition) is 4. The summed E-state index contributed by atoms with van der Waals surface area (Å²) in [5, 5.41) is 22.1. The van der Waals surface area contributed by atoms with Crippen molar-refractivity contribution in [3.8, 4) is 11.1 Å². The van der Waals surface area contributed by atoms with E-state index in [9.17, 15) is 15.0 Å². The normalized spacial score (nSPS) is 24.5. The van der Waals surface area contributed by atoms with Gasteiger partial charge in [-0.3, -0.25) is 15.5 Å². The molecule has 2 heterocycles. The van der Waals surface area contributed by atoms with E-state index < -0.39 is 11.8 Å². The molecule has 0 spiro atoms. The molecule has 170 valence electrons. The van der Waals surface area contributed by atoms with Crippen LogP contribution in [0.15, 0.2) is 48.5 Å². The quantitative estimate of drug-likeness (QED) is 0.519. The molecule has 5 N–H and O–H groups in total. The molecule has 0 radical (unpaired) electrons. The molecule has 1 amide bonds. The van der Waals surface area contributed by atoms with E-state index in [-0.39, 0.29) is 11.9 Å². The summed E-state index contributed by atoms with van der Waals surface area (Å²) >= 11 is 0. The Kier molecular flexibility index (Phi) is 5.75. The first-order chi connectivity index (χ1) is 15.4. The van der Waals surface area contributed by atoms with Crippen LogP contribution < -0.4 is 11.3 Å². The van der Waals surface area contributed by atoms with Crippen molar-refractivity contribution in [1.82, 2.24) is 20.3 Å². The molecule has 0 bridgehead atoms. The second kappa shape index (κ2) is 8.55. The van der Waals surface area contributed by atoms with E-state index in [4.69, 9.17) is 5.84 Å². The molecule has 32 heavy (non-hydrogen) atoms. The molecule has 0 aromatic heterocycles. The topological polar surface area (TPSA) is 105 Å². The third-order valence-corrected chi connectivity index (χ3v) is 6.95. The van der Waals surface area contributed by atoms with Crippen molar-refractivity contribution in [3.05, 3.63) is 59.7 Å². The minimum Gasteiger partial charge on any atom is -0.386 e. The Hall–Kier alpha value is -2.33. The molecule has 1 aliphatic carbocycles. The van der Waals surface area contributed by atoms with Gasteiger partial charge in [0.05, 0.1) is 0 Å². The van der Waals surface area contributed by atoms with Crippen molar-refractivity contribution in [2.75, 3.05) is 32.7 Å². The highest BCUT2D eigenvalue weighted by atomic mass is 16.4. The highest BCUT2D eigenvalue weighted by Crippen LogP contribution is 2.39. The van der Waals surface area contributed by atoms with Crippen LogP contribution in [0.25, 0.3) is 11.1 Å². The molecular weight excluding hydrogens is 406 g/mol. The number of piperazine rings is 1. The van der Waals surface area contributed by atoms with Crippen LogP contribution >= 0.6 is 0 Å². The first-order valence-corrected chi connectivity index (χ1v) is 11.4. The van der Waals surface area contributed by atoms with Gasteiger partial charge in [0.2, 0.25) is 0 Å². The molecule has 2 atom stereocenters. The monoisotopic (exact) mass is 437 g/mol. The van der Waals surface area contributed by atoms with E-state index in [1.54, 1.807) is 5.12 Å². The maximum Gasteiger partial charge on any atom is 0.253 e. The Labute approximate surface area is 188 Å². The number of nitrogens with two attached hydrogens (primary N) is 1. The molecule has 3 fully saturated rings. The smallest absolute Gasteiger partial charge is 0.253 e. The SMILES string of the molecule is NN1CCC(c2ccc(-c3ccc(C(=O)N4CCN(C(O)C5(O)CC5)CC4)cc3)cc2)N1. The van der Waals surface area contributed by atoms with E-state index in [1.807, 2.05) is 34.1 Å². The van der Waals surface area contributed by atoms with Crippen molar-refractivity contribution >= 4 is 5.91 Å². The van der Waals surface area contributed by atoms with E-state index in [2.05, 4.69) is 29.7 Å². The molecule has 2 aliphatic heterocycles. The van der Waals surface area contributed by atoms with Crippen LogP contribution in [0.2, 0.25) is 0 Å². The maximum atomic E-state index is 12.9. The fraction of sp³-hybridized carbons (Fsp3) is 0.458. The van der Waals surface area contributed by atoms with Gasteiger partial charge in [-0.25, -0.2) is 5.43 Å². The van der Waals surface area contributed by atoms with Gasteiger partial charge in [-0.15, -0.1) is 0 Å². The highest BCUT2D eigenvalue weighted by molar-refractivity contribution is 5.94. The molecule has 8 heteroatoms. The molecule has 8 nitrogen and oxygen atoms in total. The first kappa shape index (κ1) is 21.5. The molecule has 2 aromatic carbocycles. The Morgan fingerprint density at radius 1 is 0.969 bits per heavy atom. The Bertz CT molecular complexity index is 953. The lowest BCUT2D eigenvalue weighted by Gasteiger charge is -2.38. The Morgan fingerprint density at radius 2 is 1.56 bits per heavy atom. The maximum absolute atomic E-state index is 12.9. The number of nitrogens with zero attached hydrogens (tertiary/aromatic N) is 3. The van der Waals surface area contributed by atoms with Gasteiger partial charge in [-0.2, -0.15) is 5.12 Å². The molecule has 2 aromatic rings. The van der Waals surface area contributed by atoms with Crippen molar-refractivity contribution in [2.24, 2.45) is 5.84 Å². The number of carbonyl (C=O) groups is 1. The number of hydrazine groups is 2. The summed E-state index contributed by atoms with van der Waals surface area (Å²) in [6.07, 6.45) is 1.45. The number of hydrogen-bond acceptors (Lipinski definition) is 7. The van der Waals surface area contributed by atoms with Gasteiger partial charge >= 0.3 is 0 Å². The van der Waals surface area contributed by atoms with E-state index >= 15 is 0 Å². The lowest BCUT2D eigenvalue weighted by molar-refractivity contribution is -0.108. The number of amides is 1. The number of nitrogens with one attached hydrogen (secondary N) is 1. The summed E-state index contributed by atoms with van der Waals surface area (Å²) in [6, 6.07) is 16.4. The lowest BCUT2D eigenvalue weighted by atomic mass is 9.99. The van der Waals surface area contributed by atoms with Gasteiger partial charge < -0.3 is 15.1 Å². The van der Waals surface area contributed by atoms with Crippen LogP contribution in [-0.4, -0.2) is 75.6 Å². The summed E-state index contributed by atoms with van der Waals surface area (Å²) in [7, 11) is 0. The average molecular weight is 438 g/mol. The molecule has 2 unspecified atom stereocenters. The molecule has 5 rings (SSSR count). The van der Waals surface area contributed by atoms with Crippen LogP contribution in [-0.2, 0) is 0 Å². The van der Waals surface area contributed by atoms with E-state index in [1.165, 1.54) is 5.56 Å². The summed E-state index contributed by atoms with van der Waals surface area (Å²) in [5.74, 6) is 5.79. The zero-order valence-electron chi connectivity index (χ0n) is 18.2. The van der Waals surface area contributed by atoms with Crippen molar-refractivity contribution in [1.29, 1.82) is 0 Å². The second-order valence-electron chi connectivity index (χ2n) is 9.17. The van der Waals surface area contributed by atoms with Gasteiger partial charge in [0.15, 0.2) is 0 Å². The number of benzene rings is 2. The van der Waals surface area contributed by atoms with Crippen molar-refractivity contribution in [3.63, 3.8) is 0 Å². The van der Waals surface area contributed by atoms with Crippen LogP contribution in [0.5, 0.6) is 0 Å². The van der Waals surface area contributed by atoms with E-state index in [0.29, 0.717) is 44.6 Å². The number of rotatable bonds is 5. The lowest BCUT2D eigenvalue weighted by Crippen LogP contribution is -2.55. The van der Waals surface area contributed by atoms with Gasteiger partial charge in [0, 0.05) is 44.3 Å². The van der Waals surface area contributed by atoms with Crippen LogP contribution in [0.1, 0.15) is 41.2 Å². The zero-order chi connectivity index (χ0) is 22.3. The molecule has 2 saturated heterocycles. The van der Waals surface area contributed by atoms with Gasteiger partial charge in [-0.1, -0.05) is 36.4 Å². The third-order valence-electron chi connectivity index (χ3n) is 6.95. The fourth-order valence-corrected chi connectivity index (χ4v) is 4.63. The van der Waals surface area contributed by atoms with Crippen LogP contribution in [0.3, 0.4) is 0 Å². The highest BCUT2D eigenvalue weighted by Gasteiger charge is 2.50. The predicted molar refractivity (Wildman–Crippen MR) is 121 cm³/mol. The summed E-state index contributed by atoms with van der Waals surface area (Å²) < 4.78 is 0. The van der Waals surface area contributed by atoms with Gasteiger partial charge in [0.1, 0.15) is 11.8 Å². The van der Waals surface area contributed by atoms with Gasteiger partial charge in [0.25, 0.3) is 5.91 Å². The zero-order valence-corrected chi connectivity index (χ0v) is 18.2. The second-order valence-corrected chi connectivity index (χ2v) is 9.17. The Morgan fingerprint density at radius 3 is 2.09 bits per heavy atom. The first-order valence-electron chi connectivity index (χ1n) is 11.4. The molecule has 1 saturated carbocycles. The van der Waals surface area contributed by atoms with E-state index in [0.717, 1.165) is 24.1 Å². The summed E-state index contributed by atoms with van der Waals surface area (Å²) in [6.45, 7) is 3.06. The predicted octanol–water partition coefficient (Wildman–Crippen LogP) is 1.08. The average Bonchev–Trinajstić information content (AvgIpc) is 3.44. The third kappa shape index (κ3) is 4.30.